The van der Waals surface area contributed by atoms with E-state index in [2.05, 4.69) is 5.32 Å². The Morgan fingerprint density at radius 2 is 1.62 bits per heavy atom. The number of aryl methyl sites for hydroxylation is 2. The molecule has 3 aromatic rings. The molecule has 2 heterocycles. The first-order valence-corrected chi connectivity index (χ1v) is 10.1. The highest BCUT2D eigenvalue weighted by Crippen LogP contribution is 2.40. The maximum absolute atomic E-state index is 13.6. The SMILES string of the molecule is Cc1ccc(C2=C(Nc3ccc(F)cc3)C(=O)N(c3ccc4c(c3)OCO4)C2=O)c(C)c1. The van der Waals surface area contributed by atoms with Crippen molar-refractivity contribution in [2.45, 2.75) is 13.8 Å². The van der Waals surface area contributed by atoms with Gasteiger partial charge in [0.25, 0.3) is 11.8 Å². The Morgan fingerprint density at radius 3 is 2.38 bits per heavy atom. The largest absolute Gasteiger partial charge is 0.454 e. The molecule has 0 atom stereocenters. The molecule has 0 aliphatic carbocycles. The molecule has 0 saturated carbocycles. The molecule has 5 rings (SSSR count). The molecular formula is C25H19FN2O4. The monoisotopic (exact) mass is 430 g/mol. The van der Waals surface area contributed by atoms with Crippen molar-refractivity contribution in [3.63, 3.8) is 0 Å². The summed E-state index contributed by atoms with van der Waals surface area (Å²) in [5.41, 5.74) is 3.83. The molecule has 160 valence electrons. The van der Waals surface area contributed by atoms with E-state index in [0.29, 0.717) is 28.4 Å². The van der Waals surface area contributed by atoms with Gasteiger partial charge in [0, 0.05) is 11.8 Å². The lowest BCUT2D eigenvalue weighted by atomic mass is 9.97. The van der Waals surface area contributed by atoms with Gasteiger partial charge in [-0.15, -0.1) is 0 Å². The van der Waals surface area contributed by atoms with E-state index in [9.17, 15) is 14.0 Å². The Balaban J connectivity index is 1.62. The average molecular weight is 430 g/mol. The molecule has 0 bridgehead atoms. The number of nitrogens with one attached hydrogen (secondary N) is 1. The molecule has 6 nitrogen and oxygen atoms in total. The Bertz CT molecular complexity index is 1300. The van der Waals surface area contributed by atoms with Crippen molar-refractivity contribution in [3.05, 3.63) is 88.9 Å². The molecular weight excluding hydrogens is 411 g/mol. The van der Waals surface area contributed by atoms with E-state index in [1.54, 1.807) is 18.2 Å². The van der Waals surface area contributed by atoms with E-state index in [-0.39, 0.29) is 18.1 Å². The molecule has 1 N–H and O–H groups in total. The highest BCUT2D eigenvalue weighted by Gasteiger charge is 2.41. The molecule has 0 spiro atoms. The maximum atomic E-state index is 13.6. The summed E-state index contributed by atoms with van der Waals surface area (Å²) in [6.45, 7) is 3.94. The third kappa shape index (κ3) is 3.28. The topological polar surface area (TPSA) is 67.9 Å². The number of hydrogen-bond donors (Lipinski definition) is 1. The Kier molecular flexibility index (Phi) is 4.66. The first-order valence-electron chi connectivity index (χ1n) is 10.1. The second kappa shape index (κ2) is 7.53. The van der Waals surface area contributed by atoms with Crippen molar-refractivity contribution in [1.29, 1.82) is 0 Å². The minimum Gasteiger partial charge on any atom is -0.454 e. The molecule has 2 aliphatic heterocycles. The normalized spacial score (nSPS) is 15.0. The van der Waals surface area contributed by atoms with Crippen LogP contribution in [0.15, 0.2) is 66.4 Å². The van der Waals surface area contributed by atoms with Crippen LogP contribution >= 0.6 is 0 Å². The molecule has 2 aliphatic rings. The number of rotatable bonds is 4. The lowest BCUT2D eigenvalue weighted by molar-refractivity contribution is -0.120. The standard InChI is InChI=1S/C25H19FN2O4/c1-14-3-9-19(15(2)11-14)22-23(27-17-6-4-16(26)5-7-17)25(30)28(24(22)29)18-8-10-20-21(12-18)32-13-31-20/h3-12,27H,13H2,1-2H3. The molecule has 3 aromatic carbocycles. The summed E-state index contributed by atoms with van der Waals surface area (Å²) in [4.78, 5) is 28.2. The Morgan fingerprint density at radius 1 is 0.875 bits per heavy atom. The minimum absolute atomic E-state index is 0.0874. The van der Waals surface area contributed by atoms with Gasteiger partial charge in [-0.2, -0.15) is 0 Å². The Labute approximate surface area is 183 Å². The van der Waals surface area contributed by atoms with Crippen LogP contribution in [0, 0.1) is 19.7 Å². The van der Waals surface area contributed by atoms with Crippen molar-refractivity contribution in [2.24, 2.45) is 0 Å². The van der Waals surface area contributed by atoms with Crippen molar-refractivity contribution in [1.82, 2.24) is 0 Å². The molecule has 0 aromatic heterocycles. The second-order valence-corrected chi connectivity index (χ2v) is 7.68. The van der Waals surface area contributed by atoms with Crippen LogP contribution in [0.1, 0.15) is 16.7 Å². The highest BCUT2D eigenvalue weighted by atomic mass is 19.1. The number of carbonyl (C=O) groups is 2. The van der Waals surface area contributed by atoms with Gasteiger partial charge in [-0.3, -0.25) is 9.59 Å². The quantitative estimate of drug-likeness (QED) is 0.615. The van der Waals surface area contributed by atoms with Crippen molar-refractivity contribution in [3.8, 4) is 11.5 Å². The number of carbonyl (C=O) groups excluding carboxylic acids is 2. The number of amides is 2. The number of nitrogens with zero attached hydrogens (tertiary/aromatic N) is 1. The van der Waals surface area contributed by atoms with Gasteiger partial charge in [0.15, 0.2) is 11.5 Å². The van der Waals surface area contributed by atoms with E-state index in [0.717, 1.165) is 16.0 Å². The first kappa shape index (κ1) is 19.8. The van der Waals surface area contributed by atoms with Crippen molar-refractivity contribution < 1.29 is 23.5 Å². The van der Waals surface area contributed by atoms with Crippen LogP contribution in [0.2, 0.25) is 0 Å². The second-order valence-electron chi connectivity index (χ2n) is 7.68. The lowest BCUT2D eigenvalue weighted by Crippen LogP contribution is -2.32. The molecule has 0 unspecified atom stereocenters. The summed E-state index contributed by atoms with van der Waals surface area (Å²) in [6.07, 6.45) is 0. The zero-order valence-corrected chi connectivity index (χ0v) is 17.4. The van der Waals surface area contributed by atoms with E-state index < -0.39 is 17.6 Å². The fourth-order valence-electron chi connectivity index (χ4n) is 3.93. The van der Waals surface area contributed by atoms with Gasteiger partial charge in [-0.25, -0.2) is 9.29 Å². The predicted molar refractivity (Wildman–Crippen MR) is 118 cm³/mol. The summed E-state index contributed by atoms with van der Waals surface area (Å²) in [6, 6.07) is 16.2. The Hall–Kier alpha value is -4.13. The predicted octanol–water partition coefficient (Wildman–Crippen LogP) is 4.57. The number of anilines is 2. The molecule has 0 radical (unpaired) electrons. The molecule has 0 fully saturated rings. The lowest BCUT2D eigenvalue weighted by Gasteiger charge is -2.16. The van der Waals surface area contributed by atoms with Gasteiger partial charge in [0.05, 0.1) is 11.3 Å². The van der Waals surface area contributed by atoms with Crippen LogP contribution in [-0.4, -0.2) is 18.6 Å². The summed E-state index contributed by atoms with van der Waals surface area (Å²) >= 11 is 0. The molecule has 2 amide bonds. The van der Waals surface area contributed by atoms with Gasteiger partial charge in [-0.1, -0.05) is 23.8 Å². The average Bonchev–Trinajstić information content (AvgIpc) is 3.32. The number of hydrogen-bond acceptors (Lipinski definition) is 5. The van der Waals surface area contributed by atoms with E-state index in [4.69, 9.17) is 9.47 Å². The van der Waals surface area contributed by atoms with Crippen LogP contribution in [0.5, 0.6) is 11.5 Å². The van der Waals surface area contributed by atoms with Crippen LogP contribution < -0.4 is 19.7 Å². The fourth-order valence-corrected chi connectivity index (χ4v) is 3.93. The van der Waals surface area contributed by atoms with Crippen LogP contribution in [-0.2, 0) is 9.59 Å². The van der Waals surface area contributed by atoms with Gasteiger partial charge in [-0.05, 0) is 61.4 Å². The highest BCUT2D eigenvalue weighted by molar-refractivity contribution is 6.46. The van der Waals surface area contributed by atoms with Gasteiger partial charge in [0.1, 0.15) is 11.5 Å². The van der Waals surface area contributed by atoms with E-state index in [1.807, 2.05) is 32.0 Å². The summed E-state index contributed by atoms with van der Waals surface area (Å²) in [7, 11) is 0. The molecule has 32 heavy (non-hydrogen) atoms. The number of halogens is 1. The number of ether oxygens (including phenoxy) is 2. The van der Waals surface area contributed by atoms with Crippen LogP contribution in [0.4, 0.5) is 15.8 Å². The summed E-state index contributed by atoms with van der Waals surface area (Å²) in [5.74, 6) is -0.329. The third-order valence-electron chi connectivity index (χ3n) is 5.46. The third-order valence-corrected chi connectivity index (χ3v) is 5.46. The summed E-state index contributed by atoms with van der Waals surface area (Å²) < 4.78 is 24.1. The van der Waals surface area contributed by atoms with Gasteiger partial charge in [0.2, 0.25) is 6.79 Å². The zero-order chi connectivity index (χ0) is 22.4. The molecule has 0 saturated heterocycles. The number of imide groups is 1. The summed E-state index contributed by atoms with van der Waals surface area (Å²) in [5, 5.41) is 3.04. The van der Waals surface area contributed by atoms with E-state index in [1.165, 1.54) is 24.3 Å². The maximum Gasteiger partial charge on any atom is 0.282 e. The van der Waals surface area contributed by atoms with Crippen LogP contribution in [0.25, 0.3) is 5.57 Å². The van der Waals surface area contributed by atoms with Gasteiger partial charge < -0.3 is 14.8 Å². The van der Waals surface area contributed by atoms with Gasteiger partial charge >= 0.3 is 0 Å². The van der Waals surface area contributed by atoms with E-state index >= 15 is 0 Å². The number of benzene rings is 3. The molecule has 7 heteroatoms. The zero-order valence-electron chi connectivity index (χ0n) is 17.4. The smallest absolute Gasteiger partial charge is 0.282 e. The first-order chi connectivity index (χ1) is 15.4. The number of fused-ring (bicyclic) bond motifs is 1. The van der Waals surface area contributed by atoms with Crippen molar-refractivity contribution >= 4 is 28.8 Å². The van der Waals surface area contributed by atoms with Crippen LogP contribution in [0.3, 0.4) is 0 Å². The fraction of sp³-hybridized carbons (Fsp3) is 0.120. The minimum atomic E-state index is -0.506. The van der Waals surface area contributed by atoms with Crippen molar-refractivity contribution in [2.75, 3.05) is 17.0 Å².